The molecule has 1 aromatic heterocycles. The molecular formula is C15H15NO4. The number of ether oxygens (including phenoxy) is 1. The van der Waals surface area contributed by atoms with Crippen molar-refractivity contribution in [1.29, 1.82) is 0 Å². The Hall–Kier alpha value is -2.30. The number of rotatable bonds is 3. The van der Waals surface area contributed by atoms with Gasteiger partial charge < -0.3 is 14.8 Å². The number of esters is 1. The zero-order valence-electron chi connectivity index (χ0n) is 11.1. The number of nitrogens with one attached hydrogen (secondary N) is 1. The molecule has 2 aromatic rings. The van der Waals surface area contributed by atoms with Crippen molar-refractivity contribution in [2.45, 2.75) is 26.2 Å². The smallest absolute Gasteiger partial charge is 0.308 e. The first-order valence-corrected chi connectivity index (χ1v) is 6.61. The Balaban J connectivity index is 2.08. The fourth-order valence-electron chi connectivity index (χ4n) is 2.33. The van der Waals surface area contributed by atoms with Crippen LogP contribution in [0.1, 0.15) is 25.3 Å². The molecule has 0 saturated heterocycles. The van der Waals surface area contributed by atoms with Crippen molar-refractivity contribution in [3.05, 3.63) is 34.1 Å². The van der Waals surface area contributed by atoms with E-state index in [0.717, 1.165) is 17.9 Å². The standard InChI is InChI=1S/C15H15NO4/c1-8(17)20-14-13(18)11-5-4-10(6-9-2-3-9)7-12(11)16-15(14)19/h4-5,7,9H,2-3,6H2,1H3,(H2,16,18,19). The summed E-state index contributed by atoms with van der Waals surface area (Å²) in [6.07, 6.45) is 3.50. The van der Waals surface area contributed by atoms with E-state index in [9.17, 15) is 14.7 Å². The van der Waals surface area contributed by atoms with Gasteiger partial charge in [-0.1, -0.05) is 6.07 Å². The van der Waals surface area contributed by atoms with Crippen LogP contribution in [0.5, 0.6) is 11.5 Å². The molecule has 5 heteroatoms. The number of carbonyl (C=O) groups excluding carboxylic acids is 1. The van der Waals surface area contributed by atoms with Crippen molar-refractivity contribution in [3.8, 4) is 11.5 Å². The summed E-state index contributed by atoms with van der Waals surface area (Å²) in [5, 5.41) is 10.5. The molecule has 1 fully saturated rings. The Morgan fingerprint density at radius 1 is 1.45 bits per heavy atom. The average molecular weight is 273 g/mol. The molecule has 104 valence electrons. The summed E-state index contributed by atoms with van der Waals surface area (Å²) in [4.78, 5) is 25.4. The molecule has 1 aromatic carbocycles. The summed E-state index contributed by atoms with van der Waals surface area (Å²) in [7, 11) is 0. The minimum atomic E-state index is -0.643. The lowest BCUT2D eigenvalue weighted by Gasteiger charge is -2.08. The third-order valence-electron chi connectivity index (χ3n) is 3.48. The fraction of sp³-hybridized carbons (Fsp3) is 0.333. The first-order chi connectivity index (χ1) is 9.54. The number of fused-ring (bicyclic) bond motifs is 1. The average Bonchev–Trinajstić information content (AvgIpc) is 3.18. The first kappa shape index (κ1) is 12.7. The Kier molecular flexibility index (Phi) is 2.97. The number of aromatic nitrogens is 1. The zero-order valence-corrected chi connectivity index (χ0v) is 11.1. The number of pyridine rings is 1. The summed E-state index contributed by atoms with van der Waals surface area (Å²) < 4.78 is 4.76. The maximum Gasteiger partial charge on any atom is 0.308 e. The molecular weight excluding hydrogens is 258 g/mol. The number of hydrogen-bond acceptors (Lipinski definition) is 4. The summed E-state index contributed by atoms with van der Waals surface area (Å²) >= 11 is 0. The van der Waals surface area contributed by atoms with Gasteiger partial charge in [-0.2, -0.15) is 0 Å². The van der Waals surface area contributed by atoms with Crippen molar-refractivity contribution < 1.29 is 14.6 Å². The Bertz CT molecular complexity index is 743. The van der Waals surface area contributed by atoms with Crippen molar-refractivity contribution in [2.75, 3.05) is 0 Å². The van der Waals surface area contributed by atoms with E-state index in [-0.39, 0.29) is 11.5 Å². The van der Waals surface area contributed by atoms with Crippen LogP contribution in [0.2, 0.25) is 0 Å². The van der Waals surface area contributed by atoms with Gasteiger partial charge >= 0.3 is 5.97 Å². The topological polar surface area (TPSA) is 79.4 Å². The molecule has 5 nitrogen and oxygen atoms in total. The van der Waals surface area contributed by atoms with Crippen LogP contribution in [-0.2, 0) is 11.2 Å². The molecule has 0 bridgehead atoms. The van der Waals surface area contributed by atoms with E-state index in [0.29, 0.717) is 10.9 Å². The zero-order chi connectivity index (χ0) is 14.3. The Morgan fingerprint density at radius 2 is 2.20 bits per heavy atom. The number of benzene rings is 1. The molecule has 0 atom stereocenters. The monoisotopic (exact) mass is 273 g/mol. The number of carbonyl (C=O) groups is 1. The van der Waals surface area contributed by atoms with E-state index < -0.39 is 11.5 Å². The van der Waals surface area contributed by atoms with E-state index in [4.69, 9.17) is 4.74 Å². The van der Waals surface area contributed by atoms with Gasteiger partial charge in [-0.15, -0.1) is 0 Å². The van der Waals surface area contributed by atoms with E-state index in [1.54, 1.807) is 6.07 Å². The van der Waals surface area contributed by atoms with Gasteiger partial charge in [0.2, 0.25) is 5.75 Å². The lowest BCUT2D eigenvalue weighted by atomic mass is 10.1. The molecule has 20 heavy (non-hydrogen) atoms. The van der Waals surface area contributed by atoms with E-state index in [2.05, 4.69) is 4.98 Å². The lowest BCUT2D eigenvalue weighted by molar-refractivity contribution is -0.132. The van der Waals surface area contributed by atoms with Crippen LogP contribution < -0.4 is 10.3 Å². The van der Waals surface area contributed by atoms with Crippen LogP contribution in [0.4, 0.5) is 0 Å². The van der Waals surface area contributed by atoms with Crippen LogP contribution in [0.15, 0.2) is 23.0 Å². The predicted molar refractivity (Wildman–Crippen MR) is 74.0 cm³/mol. The van der Waals surface area contributed by atoms with E-state index in [1.807, 2.05) is 12.1 Å². The molecule has 1 aliphatic rings. The van der Waals surface area contributed by atoms with E-state index >= 15 is 0 Å². The molecule has 0 radical (unpaired) electrons. The summed E-state index contributed by atoms with van der Waals surface area (Å²) in [5.41, 5.74) is 1.09. The summed E-state index contributed by atoms with van der Waals surface area (Å²) in [6, 6.07) is 5.54. The van der Waals surface area contributed by atoms with Gasteiger partial charge in [-0.25, -0.2) is 0 Å². The molecule has 3 rings (SSSR count). The highest BCUT2D eigenvalue weighted by atomic mass is 16.5. The predicted octanol–water partition coefficient (Wildman–Crippen LogP) is 2.11. The second kappa shape index (κ2) is 4.67. The number of aromatic amines is 1. The first-order valence-electron chi connectivity index (χ1n) is 6.61. The lowest BCUT2D eigenvalue weighted by Crippen LogP contribution is -2.14. The molecule has 0 amide bonds. The van der Waals surface area contributed by atoms with Gasteiger partial charge in [0.25, 0.3) is 5.56 Å². The number of H-pyrrole nitrogens is 1. The fourth-order valence-corrected chi connectivity index (χ4v) is 2.33. The van der Waals surface area contributed by atoms with Crippen LogP contribution in [-0.4, -0.2) is 16.1 Å². The SMILES string of the molecule is CC(=O)Oc1c(O)c2ccc(CC3CC3)cc2[nH]c1=O. The Labute approximate surface area is 115 Å². The third-order valence-corrected chi connectivity index (χ3v) is 3.48. The van der Waals surface area contributed by atoms with Crippen molar-refractivity contribution in [1.82, 2.24) is 4.98 Å². The minimum Gasteiger partial charge on any atom is -0.504 e. The highest BCUT2D eigenvalue weighted by Crippen LogP contribution is 2.35. The molecule has 0 unspecified atom stereocenters. The normalized spacial score (nSPS) is 14.4. The summed E-state index contributed by atoms with van der Waals surface area (Å²) in [6.45, 7) is 1.18. The maximum absolute atomic E-state index is 11.8. The van der Waals surface area contributed by atoms with Crippen molar-refractivity contribution in [2.24, 2.45) is 5.92 Å². The molecule has 0 aliphatic heterocycles. The van der Waals surface area contributed by atoms with Gasteiger partial charge in [-0.3, -0.25) is 9.59 Å². The maximum atomic E-state index is 11.8. The minimum absolute atomic E-state index is 0.295. The molecule has 1 heterocycles. The van der Waals surface area contributed by atoms with Gasteiger partial charge in [0.05, 0.1) is 5.52 Å². The van der Waals surface area contributed by atoms with Gasteiger partial charge in [0.15, 0.2) is 5.75 Å². The van der Waals surface area contributed by atoms with Crippen molar-refractivity contribution >= 4 is 16.9 Å². The molecule has 1 aliphatic carbocycles. The number of hydrogen-bond donors (Lipinski definition) is 2. The third kappa shape index (κ3) is 2.39. The largest absolute Gasteiger partial charge is 0.504 e. The Morgan fingerprint density at radius 3 is 2.85 bits per heavy atom. The highest BCUT2D eigenvalue weighted by Gasteiger charge is 2.22. The van der Waals surface area contributed by atoms with E-state index in [1.165, 1.54) is 19.8 Å². The van der Waals surface area contributed by atoms with Gasteiger partial charge in [0, 0.05) is 12.3 Å². The van der Waals surface area contributed by atoms with Crippen molar-refractivity contribution in [3.63, 3.8) is 0 Å². The van der Waals surface area contributed by atoms with Gasteiger partial charge in [-0.05, 0) is 42.9 Å². The van der Waals surface area contributed by atoms with Crippen LogP contribution in [0.25, 0.3) is 10.9 Å². The number of aromatic hydroxyl groups is 1. The second-order valence-corrected chi connectivity index (χ2v) is 5.25. The highest BCUT2D eigenvalue weighted by molar-refractivity contribution is 5.88. The molecule has 1 saturated carbocycles. The van der Waals surface area contributed by atoms with Crippen LogP contribution >= 0.6 is 0 Å². The quantitative estimate of drug-likeness (QED) is 0.839. The van der Waals surface area contributed by atoms with Crippen LogP contribution in [0, 0.1) is 5.92 Å². The molecule has 0 spiro atoms. The second-order valence-electron chi connectivity index (χ2n) is 5.25. The van der Waals surface area contributed by atoms with Crippen LogP contribution in [0.3, 0.4) is 0 Å². The van der Waals surface area contributed by atoms with Gasteiger partial charge in [0.1, 0.15) is 0 Å². The molecule has 2 N–H and O–H groups in total. The summed E-state index contributed by atoms with van der Waals surface area (Å²) in [5.74, 6) is -0.541.